The van der Waals surface area contributed by atoms with Gasteiger partial charge in [0, 0.05) is 5.69 Å². The van der Waals surface area contributed by atoms with Crippen molar-refractivity contribution in [1.82, 2.24) is 4.98 Å². The van der Waals surface area contributed by atoms with Crippen molar-refractivity contribution in [3.63, 3.8) is 0 Å². The Morgan fingerprint density at radius 3 is 3.00 bits per heavy atom. The highest BCUT2D eigenvalue weighted by Crippen LogP contribution is 2.30. The Bertz CT molecular complexity index is 702. The zero-order chi connectivity index (χ0) is 13.2. The van der Waals surface area contributed by atoms with Gasteiger partial charge in [0.1, 0.15) is 5.76 Å². The van der Waals surface area contributed by atoms with Gasteiger partial charge >= 0.3 is 0 Å². The molecule has 3 nitrogen and oxygen atoms in total. The van der Waals surface area contributed by atoms with E-state index in [0.29, 0.717) is 6.54 Å². The number of hydrogen-bond acceptors (Lipinski definition) is 5. The standard InChI is InChI=1S/C14H14N2OS2/c1-9-5-6-17-12(9)8-15-10-3-4-11-13(7-10)19-14(16-11)18-2/h3-7,15H,8H2,1-2H3. The zero-order valence-corrected chi connectivity index (χ0v) is 12.4. The van der Waals surface area contributed by atoms with E-state index in [1.807, 2.05) is 6.07 Å². The monoisotopic (exact) mass is 290 g/mol. The molecular formula is C14H14N2OS2. The van der Waals surface area contributed by atoms with Crippen molar-refractivity contribution in [2.24, 2.45) is 0 Å². The Hall–Kier alpha value is -1.46. The summed E-state index contributed by atoms with van der Waals surface area (Å²) in [6, 6.07) is 8.24. The first-order chi connectivity index (χ1) is 9.26. The third-order valence-corrected chi connectivity index (χ3v) is 4.97. The topological polar surface area (TPSA) is 38.1 Å². The first-order valence-electron chi connectivity index (χ1n) is 5.97. The first-order valence-corrected chi connectivity index (χ1v) is 8.02. The van der Waals surface area contributed by atoms with Crippen molar-refractivity contribution >= 4 is 39.0 Å². The van der Waals surface area contributed by atoms with Gasteiger partial charge in [0.15, 0.2) is 4.34 Å². The maximum Gasteiger partial charge on any atom is 0.150 e. The summed E-state index contributed by atoms with van der Waals surface area (Å²) in [4.78, 5) is 4.53. The van der Waals surface area contributed by atoms with Crippen LogP contribution in [0.15, 0.2) is 39.3 Å². The Labute approximate surface area is 120 Å². The summed E-state index contributed by atoms with van der Waals surface area (Å²) in [5.74, 6) is 0.981. The molecule has 0 spiro atoms. The quantitative estimate of drug-likeness (QED) is 0.716. The molecule has 0 amide bonds. The smallest absolute Gasteiger partial charge is 0.150 e. The van der Waals surface area contributed by atoms with E-state index >= 15 is 0 Å². The summed E-state index contributed by atoms with van der Waals surface area (Å²) in [7, 11) is 0. The van der Waals surface area contributed by atoms with Crippen LogP contribution in [0.4, 0.5) is 5.69 Å². The zero-order valence-electron chi connectivity index (χ0n) is 10.8. The number of thiazole rings is 1. The van der Waals surface area contributed by atoms with Crippen LogP contribution in [0.3, 0.4) is 0 Å². The molecule has 0 aliphatic heterocycles. The Morgan fingerprint density at radius 1 is 1.37 bits per heavy atom. The lowest BCUT2D eigenvalue weighted by atomic mass is 10.2. The van der Waals surface area contributed by atoms with Crippen LogP contribution < -0.4 is 5.32 Å². The Kier molecular flexibility index (Phi) is 3.48. The van der Waals surface area contributed by atoms with Crippen molar-refractivity contribution in [2.75, 3.05) is 11.6 Å². The van der Waals surface area contributed by atoms with Crippen molar-refractivity contribution in [3.8, 4) is 0 Å². The summed E-state index contributed by atoms with van der Waals surface area (Å²) < 4.78 is 7.74. The van der Waals surface area contributed by atoms with E-state index in [-0.39, 0.29) is 0 Å². The first kappa shape index (κ1) is 12.6. The molecule has 0 atom stereocenters. The van der Waals surface area contributed by atoms with Crippen LogP contribution >= 0.6 is 23.1 Å². The van der Waals surface area contributed by atoms with Crippen LogP contribution in [-0.4, -0.2) is 11.2 Å². The van der Waals surface area contributed by atoms with Crippen LogP contribution in [0.2, 0.25) is 0 Å². The number of hydrogen-bond donors (Lipinski definition) is 1. The fourth-order valence-electron chi connectivity index (χ4n) is 1.87. The van der Waals surface area contributed by atoms with E-state index in [1.54, 1.807) is 29.4 Å². The molecule has 0 bridgehead atoms. The molecule has 0 saturated heterocycles. The van der Waals surface area contributed by atoms with Crippen molar-refractivity contribution in [3.05, 3.63) is 41.9 Å². The van der Waals surface area contributed by atoms with Gasteiger partial charge in [-0.3, -0.25) is 0 Å². The van der Waals surface area contributed by atoms with Crippen molar-refractivity contribution in [2.45, 2.75) is 17.8 Å². The number of furan rings is 1. The lowest BCUT2D eigenvalue weighted by Gasteiger charge is -2.04. The van der Waals surface area contributed by atoms with Gasteiger partial charge in [0.25, 0.3) is 0 Å². The molecule has 2 aromatic heterocycles. The molecule has 1 aromatic carbocycles. The SMILES string of the molecule is CSc1nc2ccc(NCc3occc3C)cc2s1. The number of nitrogens with zero attached hydrogens (tertiary/aromatic N) is 1. The fraction of sp³-hybridized carbons (Fsp3) is 0.214. The lowest BCUT2D eigenvalue weighted by molar-refractivity contribution is 0.515. The van der Waals surface area contributed by atoms with Crippen LogP contribution in [0.5, 0.6) is 0 Å². The van der Waals surface area contributed by atoms with E-state index in [9.17, 15) is 0 Å². The number of aromatic nitrogens is 1. The molecule has 0 aliphatic rings. The second-order valence-electron chi connectivity index (χ2n) is 4.25. The van der Waals surface area contributed by atoms with Gasteiger partial charge in [-0.2, -0.15) is 0 Å². The summed E-state index contributed by atoms with van der Waals surface area (Å²) in [6.45, 7) is 2.76. The summed E-state index contributed by atoms with van der Waals surface area (Å²) >= 11 is 3.41. The van der Waals surface area contributed by atoms with Gasteiger partial charge in [-0.05, 0) is 43.0 Å². The molecule has 3 rings (SSSR count). The van der Waals surface area contributed by atoms with Crippen molar-refractivity contribution < 1.29 is 4.42 Å². The minimum absolute atomic E-state index is 0.707. The molecule has 0 aliphatic carbocycles. The average Bonchev–Trinajstić information content (AvgIpc) is 3.01. The van der Waals surface area contributed by atoms with Crippen molar-refractivity contribution in [1.29, 1.82) is 0 Å². The summed E-state index contributed by atoms with van der Waals surface area (Å²) in [5.41, 5.74) is 3.34. The number of rotatable bonds is 4. The van der Waals surface area contributed by atoms with Crippen LogP contribution in [0, 0.1) is 6.92 Å². The highest BCUT2D eigenvalue weighted by atomic mass is 32.2. The molecule has 0 saturated carbocycles. The van der Waals surface area contributed by atoms with Gasteiger partial charge in [0.2, 0.25) is 0 Å². The number of benzene rings is 1. The van der Waals surface area contributed by atoms with Crippen LogP contribution in [0.25, 0.3) is 10.2 Å². The summed E-state index contributed by atoms with van der Waals surface area (Å²) in [5, 5.41) is 3.39. The highest BCUT2D eigenvalue weighted by molar-refractivity contribution is 8.00. The molecule has 0 unspecified atom stereocenters. The second kappa shape index (κ2) is 5.27. The minimum atomic E-state index is 0.707. The largest absolute Gasteiger partial charge is 0.467 e. The predicted molar refractivity (Wildman–Crippen MR) is 82.2 cm³/mol. The molecular weight excluding hydrogens is 276 g/mol. The average molecular weight is 290 g/mol. The van der Waals surface area contributed by atoms with Gasteiger partial charge in [-0.15, -0.1) is 11.3 Å². The molecule has 3 aromatic rings. The maximum atomic E-state index is 5.42. The Morgan fingerprint density at radius 2 is 2.26 bits per heavy atom. The predicted octanol–water partition coefficient (Wildman–Crippen LogP) is 4.53. The van der Waals surface area contributed by atoms with E-state index in [2.05, 4.69) is 41.7 Å². The van der Waals surface area contributed by atoms with E-state index < -0.39 is 0 Å². The van der Waals surface area contributed by atoms with E-state index in [4.69, 9.17) is 4.42 Å². The molecule has 0 fully saturated rings. The maximum absolute atomic E-state index is 5.42. The molecule has 1 N–H and O–H groups in total. The van der Waals surface area contributed by atoms with E-state index in [1.165, 1.54) is 10.3 Å². The highest BCUT2D eigenvalue weighted by Gasteiger charge is 2.05. The third-order valence-electron chi connectivity index (χ3n) is 2.96. The number of thioether (sulfide) groups is 1. The molecule has 98 valence electrons. The number of fused-ring (bicyclic) bond motifs is 1. The van der Waals surface area contributed by atoms with Crippen LogP contribution in [0.1, 0.15) is 11.3 Å². The van der Waals surface area contributed by atoms with Crippen LogP contribution in [-0.2, 0) is 6.54 Å². The van der Waals surface area contributed by atoms with Gasteiger partial charge in [-0.25, -0.2) is 4.98 Å². The Balaban J connectivity index is 1.79. The van der Waals surface area contributed by atoms with Gasteiger partial charge in [-0.1, -0.05) is 11.8 Å². The molecule has 2 heterocycles. The number of anilines is 1. The van der Waals surface area contributed by atoms with E-state index in [0.717, 1.165) is 21.3 Å². The lowest BCUT2D eigenvalue weighted by Crippen LogP contribution is -1.98. The second-order valence-corrected chi connectivity index (χ2v) is 6.33. The number of nitrogens with one attached hydrogen (secondary N) is 1. The van der Waals surface area contributed by atoms with Gasteiger partial charge < -0.3 is 9.73 Å². The molecule has 5 heteroatoms. The molecule has 0 radical (unpaired) electrons. The third kappa shape index (κ3) is 2.62. The number of aryl methyl sites for hydroxylation is 1. The fourth-order valence-corrected chi connectivity index (χ4v) is 3.40. The summed E-state index contributed by atoms with van der Waals surface area (Å²) in [6.07, 6.45) is 3.78. The normalized spacial score (nSPS) is 11.1. The molecule has 19 heavy (non-hydrogen) atoms. The van der Waals surface area contributed by atoms with Gasteiger partial charge in [0.05, 0.1) is 23.0 Å². The minimum Gasteiger partial charge on any atom is -0.467 e.